The quantitative estimate of drug-likeness (QED) is 0.323. The second kappa shape index (κ2) is 7.87. The number of sulfonamides is 1. The van der Waals surface area contributed by atoms with Crippen molar-refractivity contribution in [2.75, 3.05) is 19.8 Å². The third kappa shape index (κ3) is 6.98. The van der Waals surface area contributed by atoms with Crippen LogP contribution >= 0.6 is 0 Å². The molecule has 0 unspecified atom stereocenters. The van der Waals surface area contributed by atoms with Gasteiger partial charge in [0.15, 0.2) is 0 Å². The van der Waals surface area contributed by atoms with Gasteiger partial charge in [0.05, 0.1) is 23.9 Å². The third-order valence-electron chi connectivity index (χ3n) is 2.42. The van der Waals surface area contributed by atoms with Crippen LogP contribution in [0, 0.1) is 10.1 Å². The molecule has 0 bridgehead atoms. The van der Waals surface area contributed by atoms with E-state index >= 15 is 0 Å². The van der Waals surface area contributed by atoms with E-state index in [1.54, 1.807) is 0 Å². The number of hydrogen-bond acceptors (Lipinski definition) is 5. The molecule has 116 valence electrons. The molecule has 1 aromatic rings. The molecule has 0 spiro atoms. The van der Waals surface area contributed by atoms with Crippen molar-refractivity contribution in [2.45, 2.75) is 12.7 Å². The van der Waals surface area contributed by atoms with E-state index < -0.39 is 14.9 Å². The minimum Gasteiger partial charge on any atom is -0.376 e. The van der Waals surface area contributed by atoms with E-state index in [9.17, 15) is 18.5 Å². The summed E-state index contributed by atoms with van der Waals surface area (Å²) in [5.74, 6) is -0.231. The largest absolute Gasteiger partial charge is 0.376 e. The summed E-state index contributed by atoms with van der Waals surface area (Å²) in [6.45, 7) is 6.30. The second-order valence-corrected chi connectivity index (χ2v) is 6.39. The van der Waals surface area contributed by atoms with Crippen molar-refractivity contribution in [1.82, 2.24) is 4.72 Å². The molecule has 1 rings (SSSR count). The summed E-state index contributed by atoms with van der Waals surface area (Å²) in [7, 11) is -3.49. The van der Waals surface area contributed by atoms with Crippen LogP contribution in [0.4, 0.5) is 5.69 Å². The summed E-state index contributed by atoms with van der Waals surface area (Å²) in [5.41, 5.74) is 1.27. The Bertz CT molecular complexity index is 595. The van der Waals surface area contributed by atoms with E-state index in [0.29, 0.717) is 12.2 Å². The summed E-state index contributed by atoms with van der Waals surface area (Å²) in [6.07, 6.45) is 0. The molecule has 7 nitrogen and oxygen atoms in total. The maximum Gasteiger partial charge on any atom is 0.269 e. The predicted molar refractivity (Wildman–Crippen MR) is 79.4 cm³/mol. The second-order valence-electron chi connectivity index (χ2n) is 4.59. The number of nitro groups is 1. The normalized spacial score (nSPS) is 11.3. The molecule has 0 amide bonds. The van der Waals surface area contributed by atoms with Crippen LogP contribution in [0.1, 0.15) is 12.5 Å². The number of non-ortho nitro benzene ring substituents is 1. The first kappa shape index (κ1) is 17.3. The van der Waals surface area contributed by atoms with Crippen LogP contribution in [0.5, 0.6) is 0 Å². The third-order valence-corrected chi connectivity index (χ3v) is 3.78. The first-order chi connectivity index (χ1) is 9.80. The molecule has 0 saturated carbocycles. The molecule has 1 N–H and O–H groups in total. The van der Waals surface area contributed by atoms with Gasteiger partial charge in [0.2, 0.25) is 10.0 Å². The fraction of sp³-hybridized carbons (Fsp3) is 0.385. The lowest BCUT2D eigenvalue weighted by atomic mass is 10.2. The Balaban J connectivity index is 2.44. The van der Waals surface area contributed by atoms with E-state index in [1.807, 2.05) is 6.92 Å². The Morgan fingerprint density at radius 1 is 1.38 bits per heavy atom. The van der Waals surface area contributed by atoms with Crippen molar-refractivity contribution in [2.24, 2.45) is 0 Å². The summed E-state index contributed by atoms with van der Waals surface area (Å²) in [4.78, 5) is 9.97. The lowest BCUT2D eigenvalue weighted by molar-refractivity contribution is -0.384. The smallest absolute Gasteiger partial charge is 0.269 e. The Morgan fingerprint density at radius 2 is 2.00 bits per heavy atom. The van der Waals surface area contributed by atoms with Crippen molar-refractivity contribution >= 4 is 15.7 Å². The van der Waals surface area contributed by atoms with Gasteiger partial charge in [-0.05, 0) is 12.5 Å². The summed E-state index contributed by atoms with van der Waals surface area (Å²) in [5, 5.41) is 10.5. The van der Waals surface area contributed by atoms with E-state index in [4.69, 9.17) is 4.74 Å². The minimum atomic E-state index is -3.49. The lowest BCUT2D eigenvalue weighted by Crippen LogP contribution is -2.28. The minimum absolute atomic E-state index is 0.0719. The van der Waals surface area contributed by atoms with Gasteiger partial charge in [-0.15, -0.1) is 0 Å². The molecule has 0 atom stereocenters. The van der Waals surface area contributed by atoms with Gasteiger partial charge >= 0.3 is 0 Å². The molecule has 0 aromatic heterocycles. The molecule has 8 heteroatoms. The number of ether oxygens (including phenoxy) is 1. The van der Waals surface area contributed by atoms with Crippen LogP contribution in [0.2, 0.25) is 0 Å². The monoisotopic (exact) mass is 314 g/mol. The lowest BCUT2D eigenvalue weighted by Gasteiger charge is -2.07. The number of benzene rings is 1. The SMILES string of the molecule is C=C(C)COCCNS(=O)(=O)Cc1ccc([N+](=O)[O-])cc1. The molecule has 0 radical (unpaired) electrons. The summed E-state index contributed by atoms with van der Waals surface area (Å²) >= 11 is 0. The zero-order chi connectivity index (χ0) is 15.9. The standard InChI is InChI=1S/C13H18N2O5S/c1-11(2)9-20-8-7-14-21(18,19)10-12-3-5-13(6-4-12)15(16)17/h3-6,14H,1,7-10H2,2H3. The van der Waals surface area contributed by atoms with Crippen LogP contribution in [0.3, 0.4) is 0 Å². The van der Waals surface area contributed by atoms with Gasteiger partial charge in [-0.3, -0.25) is 10.1 Å². The van der Waals surface area contributed by atoms with E-state index in [2.05, 4.69) is 11.3 Å². The van der Waals surface area contributed by atoms with Crippen LogP contribution in [0.15, 0.2) is 36.4 Å². The van der Waals surface area contributed by atoms with Gasteiger partial charge in [0.25, 0.3) is 5.69 Å². The Morgan fingerprint density at radius 3 is 2.52 bits per heavy atom. The van der Waals surface area contributed by atoms with Crippen LogP contribution in [-0.2, 0) is 20.5 Å². The number of nitro benzene ring substituents is 1. The van der Waals surface area contributed by atoms with Crippen molar-refractivity contribution in [1.29, 1.82) is 0 Å². The molecular formula is C13H18N2O5S. The maximum absolute atomic E-state index is 11.8. The number of nitrogens with one attached hydrogen (secondary N) is 1. The van der Waals surface area contributed by atoms with Gasteiger partial charge in [-0.1, -0.05) is 24.3 Å². The number of hydrogen-bond donors (Lipinski definition) is 1. The van der Waals surface area contributed by atoms with Gasteiger partial charge in [0.1, 0.15) is 0 Å². The highest BCUT2D eigenvalue weighted by molar-refractivity contribution is 7.88. The Hall–Kier alpha value is -1.77. The summed E-state index contributed by atoms with van der Waals surface area (Å²) in [6, 6.07) is 5.41. The molecule has 0 aliphatic carbocycles. The Labute approximate surface area is 123 Å². The van der Waals surface area contributed by atoms with E-state index in [0.717, 1.165) is 5.57 Å². The average Bonchev–Trinajstić information content (AvgIpc) is 2.38. The van der Waals surface area contributed by atoms with Crippen molar-refractivity contribution in [3.63, 3.8) is 0 Å². The fourth-order valence-corrected chi connectivity index (χ4v) is 2.63. The molecule has 0 heterocycles. The highest BCUT2D eigenvalue weighted by Gasteiger charge is 2.12. The average molecular weight is 314 g/mol. The molecule has 21 heavy (non-hydrogen) atoms. The van der Waals surface area contributed by atoms with Crippen molar-refractivity contribution in [3.8, 4) is 0 Å². The van der Waals surface area contributed by atoms with E-state index in [-0.39, 0.29) is 24.6 Å². The van der Waals surface area contributed by atoms with Crippen LogP contribution in [0.25, 0.3) is 0 Å². The predicted octanol–water partition coefficient (Wildman–Crippen LogP) is 1.61. The maximum atomic E-state index is 11.8. The molecular weight excluding hydrogens is 296 g/mol. The van der Waals surface area contributed by atoms with E-state index in [1.165, 1.54) is 24.3 Å². The molecule has 0 aliphatic rings. The van der Waals surface area contributed by atoms with Gasteiger partial charge in [0, 0.05) is 18.7 Å². The van der Waals surface area contributed by atoms with Crippen molar-refractivity contribution < 1.29 is 18.1 Å². The fourth-order valence-electron chi connectivity index (χ4n) is 1.50. The topological polar surface area (TPSA) is 98.5 Å². The molecule has 1 aromatic carbocycles. The number of rotatable bonds is 9. The molecule has 0 fully saturated rings. The van der Waals surface area contributed by atoms with Crippen LogP contribution in [-0.4, -0.2) is 33.1 Å². The van der Waals surface area contributed by atoms with Gasteiger partial charge in [-0.2, -0.15) is 0 Å². The van der Waals surface area contributed by atoms with Crippen molar-refractivity contribution in [3.05, 3.63) is 52.1 Å². The molecule has 0 saturated heterocycles. The van der Waals surface area contributed by atoms with Gasteiger partial charge in [-0.25, -0.2) is 13.1 Å². The zero-order valence-corrected chi connectivity index (χ0v) is 12.6. The first-order valence-electron chi connectivity index (χ1n) is 6.23. The van der Waals surface area contributed by atoms with Crippen LogP contribution < -0.4 is 4.72 Å². The first-order valence-corrected chi connectivity index (χ1v) is 7.88. The number of nitrogens with zero attached hydrogens (tertiary/aromatic N) is 1. The zero-order valence-electron chi connectivity index (χ0n) is 11.7. The highest BCUT2D eigenvalue weighted by Crippen LogP contribution is 2.13. The molecule has 0 aliphatic heterocycles. The highest BCUT2D eigenvalue weighted by atomic mass is 32.2. The van der Waals surface area contributed by atoms with Gasteiger partial charge < -0.3 is 4.74 Å². The summed E-state index contributed by atoms with van der Waals surface area (Å²) < 4.78 is 31.2. The Kier molecular flexibility index (Phi) is 6.47.